The van der Waals surface area contributed by atoms with Gasteiger partial charge in [0, 0.05) is 5.92 Å². The molecule has 16 heavy (non-hydrogen) atoms. The van der Waals surface area contributed by atoms with E-state index in [9.17, 15) is 22.0 Å². The Kier molecular flexibility index (Phi) is 5.19. The SMILES string of the molecule is O=C(OCC(CO)CO)C(F)(F)S(=O)(=O)O. The number of aliphatic hydroxyl groups is 2. The Labute approximate surface area is 89.4 Å². The molecule has 0 aromatic heterocycles. The van der Waals surface area contributed by atoms with E-state index in [1.165, 1.54) is 0 Å². The molecular formula is C6H10F2O7S. The average molecular weight is 264 g/mol. The maximum Gasteiger partial charge on any atom is 0.465 e. The summed E-state index contributed by atoms with van der Waals surface area (Å²) in [5.74, 6) is -3.47. The van der Waals surface area contributed by atoms with E-state index in [1.54, 1.807) is 0 Å². The molecule has 0 aromatic rings. The normalized spacial score (nSPS) is 12.9. The van der Waals surface area contributed by atoms with E-state index in [-0.39, 0.29) is 0 Å². The average Bonchev–Trinajstić information content (AvgIpc) is 2.17. The Hall–Kier alpha value is -0.840. The van der Waals surface area contributed by atoms with Gasteiger partial charge in [-0.25, -0.2) is 4.79 Å². The lowest BCUT2D eigenvalue weighted by Crippen LogP contribution is -2.40. The Bertz CT molecular complexity index is 335. The molecule has 10 heteroatoms. The van der Waals surface area contributed by atoms with Crippen molar-refractivity contribution in [1.82, 2.24) is 0 Å². The first-order valence-electron chi connectivity index (χ1n) is 3.90. The number of carbonyl (C=O) groups is 1. The van der Waals surface area contributed by atoms with Gasteiger partial charge in [0.15, 0.2) is 0 Å². The number of halogens is 2. The van der Waals surface area contributed by atoms with Gasteiger partial charge in [0.25, 0.3) is 0 Å². The van der Waals surface area contributed by atoms with Crippen LogP contribution in [0.2, 0.25) is 0 Å². The molecule has 0 aromatic carbocycles. The predicted octanol–water partition coefficient (Wildman–Crippen LogP) is -1.39. The molecule has 7 nitrogen and oxygen atoms in total. The zero-order valence-electron chi connectivity index (χ0n) is 7.84. The van der Waals surface area contributed by atoms with Crippen LogP contribution in [0.25, 0.3) is 0 Å². The minimum Gasteiger partial charge on any atom is -0.460 e. The highest BCUT2D eigenvalue weighted by Gasteiger charge is 2.54. The zero-order valence-corrected chi connectivity index (χ0v) is 8.65. The number of esters is 1. The van der Waals surface area contributed by atoms with Gasteiger partial charge in [-0.2, -0.15) is 17.2 Å². The largest absolute Gasteiger partial charge is 0.465 e. The second-order valence-corrected chi connectivity index (χ2v) is 4.28. The van der Waals surface area contributed by atoms with Crippen LogP contribution < -0.4 is 0 Å². The molecule has 0 spiro atoms. The molecule has 0 saturated carbocycles. The van der Waals surface area contributed by atoms with E-state index in [1.807, 2.05) is 0 Å². The lowest BCUT2D eigenvalue weighted by molar-refractivity contribution is -0.163. The standard InChI is InChI=1S/C6H10F2O7S/c7-6(8,16(12,13)14)5(11)15-3-4(1-9)2-10/h4,9-10H,1-3H2,(H,12,13,14). The Morgan fingerprint density at radius 2 is 1.75 bits per heavy atom. The number of rotatable bonds is 6. The van der Waals surface area contributed by atoms with Crippen molar-refractivity contribution < 1.29 is 41.5 Å². The van der Waals surface area contributed by atoms with E-state index in [0.717, 1.165) is 0 Å². The van der Waals surface area contributed by atoms with E-state index >= 15 is 0 Å². The maximum absolute atomic E-state index is 12.5. The van der Waals surface area contributed by atoms with Gasteiger partial charge in [-0.15, -0.1) is 0 Å². The summed E-state index contributed by atoms with van der Waals surface area (Å²) in [6.07, 6.45) is 0. The zero-order chi connectivity index (χ0) is 13.0. The lowest BCUT2D eigenvalue weighted by atomic mass is 10.2. The molecule has 0 radical (unpaired) electrons. The van der Waals surface area contributed by atoms with Gasteiger partial charge in [0.05, 0.1) is 19.8 Å². The Morgan fingerprint density at radius 3 is 2.06 bits per heavy atom. The fraction of sp³-hybridized carbons (Fsp3) is 0.833. The van der Waals surface area contributed by atoms with Crippen LogP contribution in [0.4, 0.5) is 8.78 Å². The van der Waals surface area contributed by atoms with Gasteiger partial charge >= 0.3 is 21.3 Å². The summed E-state index contributed by atoms with van der Waals surface area (Å²) in [5.41, 5.74) is 0. The van der Waals surface area contributed by atoms with Crippen molar-refractivity contribution in [3.05, 3.63) is 0 Å². The number of ether oxygens (including phenoxy) is 1. The molecule has 0 rings (SSSR count). The van der Waals surface area contributed by atoms with E-state index in [4.69, 9.17) is 14.8 Å². The molecule has 96 valence electrons. The highest BCUT2D eigenvalue weighted by molar-refractivity contribution is 7.87. The van der Waals surface area contributed by atoms with Crippen LogP contribution in [0.1, 0.15) is 0 Å². The van der Waals surface area contributed by atoms with E-state index < -0.39 is 47.1 Å². The fourth-order valence-electron chi connectivity index (χ4n) is 0.546. The molecule has 3 N–H and O–H groups in total. The minimum atomic E-state index is -5.90. The van der Waals surface area contributed by atoms with E-state index in [2.05, 4.69) is 4.74 Å². The van der Waals surface area contributed by atoms with Crippen LogP contribution in [-0.4, -0.2) is 54.2 Å². The second kappa shape index (κ2) is 5.48. The van der Waals surface area contributed by atoms with Crippen LogP contribution in [0, 0.1) is 5.92 Å². The molecule has 0 heterocycles. The van der Waals surface area contributed by atoms with Crippen LogP contribution in [-0.2, 0) is 19.6 Å². The summed E-state index contributed by atoms with van der Waals surface area (Å²) in [6, 6.07) is 0. The third-order valence-electron chi connectivity index (χ3n) is 1.53. The highest BCUT2D eigenvalue weighted by atomic mass is 32.2. The predicted molar refractivity (Wildman–Crippen MR) is 45.1 cm³/mol. The van der Waals surface area contributed by atoms with Crippen LogP contribution in [0.3, 0.4) is 0 Å². The lowest BCUT2D eigenvalue weighted by Gasteiger charge is -2.15. The number of aliphatic hydroxyl groups excluding tert-OH is 2. The summed E-state index contributed by atoms with van der Waals surface area (Å²) in [6.45, 7) is -2.07. The molecule has 0 bridgehead atoms. The molecule has 0 aliphatic heterocycles. The van der Waals surface area contributed by atoms with Crippen LogP contribution in [0.15, 0.2) is 0 Å². The summed E-state index contributed by atoms with van der Waals surface area (Å²) in [5, 5.41) is 11.9. The van der Waals surface area contributed by atoms with Gasteiger partial charge in [0.1, 0.15) is 0 Å². The maximum atomic E-state index is 12.5. The Morgan fingerprint density at radius 1 is 1.31 bits per heavy atom. The van der Waals surface area contributed by atoms with E-state index in [0.29, 0.717) is 0 Å². The van der Waals surface area contributed by atoms with Crippen LogP contribution >= 0.6 is 0 Å². The quantitative estimate of drug-likeness (QED) is 0.399. The molecule has 0 aliphatic rings. The monoisotopic (exact) mass is 264 g/mol. The number of hydrogen-bond acceptors (Lipinski definition) is 6. The second-order valence-electron chi connectivity index (χ2n) is 2.82. The smallest absolute Gasteiger partial charge is 0.460 e. The number of alkyl halides is 2. The molecular weight excluding hydrogens is 254 g/mol. The highest BCUT2D eigenvalue weighted by Crippen LogP contribution is 2.22. The number of carbonyl (C=O) groups excluding carboxylic acids is 1. The Balaban J connectivity index is 4.49. The van der Waals surface area contributed by atoms with Gasteiger partial charge in [-0.3, -0.25) is 4.55 Å². The topological polar surface area (TPSA) is 121 Å². The van der Waals surface area contributed by atoms with Crippen LogP contribution in [0.5, 0.6) is 0 Å². The van der Waals surface area contributed by atoms with Crippen molar-refractivity contribution in [1.29, 1.82) is 0 Å². The van der Waals surface area contributed by atoms with Gasteiger partial charge in [-0.1, -0.05) is 0 Å². The van der Waals surface area contributed by atoms with Crippen molar-refractivity contribution >= 4 is 16.1 Å². The first-order chi connectivity index (χ1) is 7.16. The molecule has 0 aliphatic carbocycles. The summed E-state index contributed by atoms with van der Waals surface area (Å²) < 4.78 is 57.1. The molecule has 0 saturated heterocycles. The number of hydrogen-bond donors (Lipinski definition) is 3. The summed E-state index contributed by atoms with van der Waals surface area (Å²) >= 11 is 0. The third-order valence-corrected chi connectivity index (χ3v) is 2.34. The first-order valence-corrected chi connectivity index (χ1v) is 5.34. The summed E-state index contributed by atoms with van der Waals surface area (Å²) in [4.78, 5) is 10.6. The van der Waals surface area contributed by atoms with Crippen molar-refractivity contribution in [3.63, 3.8) is 0 Å². The molecule has 0 unspecified atom stereocenters. The molecule has 0 amide bonds. The minimum absolute atomic E-state index is 0.638. The van der Waals surface area contributed by atoms with Crippen molar-refractivity contribution in [3.8, 4) is 0 Å². The van der Waals surface area contributed by atoms with Gasteiger partial charge in [0.2, 0.25) is 0 Å². The molecule has 0 fully saturated rings. The first kappa shape index (κ1) is 15.2. The van der Waals surface area contributed by atoms with Gasteiger partial charge in [-0.05, 0) is 0 Å². The summed E-state index contributed by atoms with van der Waals surface area (Å²) in [7, 11) is -5.90. The molecule has 0 atom stereocenters. The van der Waals surface area contributed by atoms with Crippen molar-refractivity contribution in [2.24, 2.45) is 5.92 Å². The fourth-order valence-corrected chi connectivity index (χ4v) is 0.816. The third kappa shape index (κ3) is 3.63. The van der Waals surface area contributed by atoms with Crippen molar-refractivity contribution in [2.75, 3.05) is 19.8 Å². The van der Waals surface area contributed by atoms with Crippen molar-refractivity contribution in [2.45, 2.75) is 5.25 Å². The van der Waals surface area contributed by atoms with Gasteiger partial charge < -0.3 is 14.9 Å².